The molecule has 0 radical (unpaired) electrons. The first kappa shape index (κ1) is 11.8. The zero-order valence-corrected chi connectivity index (χ0v) is 10.4. The van der Waals surface area contributed by atoms with Crippen LogP contribution in [0.5, 0.6) is 0 Å². The second kappa shape index (κ2) is 4.43. The van der Waals surface area contributed by atoms with Gasteiger partial charge in [0.1, 0.15) is 11.8 Å². The number of halogens is 1. The third kappa shape index (κ3) is 1.76. The highest BCUT2D eigenvalue weighted by Crippen LogP contribution is 2.30. The summed E-state index contributed by atoms with van der Waals surface area (Å²) in [6.45, 7) is 0.0510. The van der Waals surface area contributed by atoms with Crippen LogP contribution in [-0.2, 0) is 4.84 Å². The Hall–Kier alpha value is -1.28. The minimum absolute atomic E-state index is 0.0234. The van der Waals surface area contributed by atoms with E-state index in [2.05, 4.69) is 15.0 Å². The zero-order valence-electron chi connectivity index (χ0n) is 9.69. The van der Waals surface area contributed by atoms with Crippen LogP contribution >= 0.6 is 11.6 Å². The molecular formula is C10H12ClN5O2. The Bertz CT molecular complexity index is 574. The molecule has 1 N–H and O–H groups in total. The summed E-state index contributed by atoms with van der Waals surface area (Å²) >= 11 is 5.94. The molecule has 2 aromatic heterocycles. The van der Waals surface area contributed by atoms with Crippen molar-refractivity contribution < 1.29 is 9.94 Å². The van der Waals surface area contributed by atoms with E-state index in [0.717, 1.165) is 0 Å². The molecule has 3 heterocycles. The molecular weight excluding hydrogens is 258 g/mol. The topological polar surface area (TPSA) is 76.3 Å². The summed E-state index contributed by atoms with van der Waals surface area (Å²) in [7, 11) is 1.79. The lowest BCUT2D eigenvalue weighted by Crippen LogP contribution is -2.26. The number of fused-ring (bicyclic) bond motifs is 1. The highest BCUT2D eigenvalue weighted by Gasteiger charge is 2.32. The SMILES string of the molecule is CN1O[C@H](n2cnc3c(Cl)ncnc32)C[C@@H]1CO. The number of imidazole rings is 1. The highest BCUT2D eigenvalue weighted by molar-refractivity contribution is 6.33. The van der Waals surface area contributed by atoms with Gasteiger partial charge in [0.05, 0.1) is 19.0 Å². The van der Waals surface area contributed by atoms with Crippen LogP contribution in [0.3, 0.4) is 0 Å². The molecule has 0 aromatic carbocycles. The quantitative estimate of drug-likeness (QED) is 0.805. The number of aliphatic hydroxyl groups excluding tert-OH is 1. The number of hydroxylamine groups is 2. The smallest absolute Gasteiger partial charge is 0.166 e. The molecule has 1 saturated heterocycles. The van der Waals surface area contributed by atoms with Crippen molar-refractivity contribution in [2.75, 3.05) is 13.7 Å². The Balaban J connectivity index is 1.99. The fourth-order valence-electron chi connectivity index (χ4n) is 2.09. The summed E-state index contributed by atoms with van der Waals surface area (Å²) in [5.74, 6) is 0. The first-order chi connectivity index (χ1) is 8.70. The fraction of sp³-hybridized carbons (Fsp3) is 0.500. The molecule has 96 valence electrons. The second-order valence-electron chi connectivity index (χ2n) is 4.17. The zero-order chi connectivity index (χ0) is 12.7. The van der Waals surface area contributed by atoms with Crippen molar-refractivity contribution in [2.24, 2.45) is 0 Å². The molecule has 1 aliphatic heterocycles. The van der Waals surface area contributed by atoms with Crippen molar-refractivity contribution in [2.45, 2.75) is 18.7 Å². The van der Waals surface area contributed by atoms with Gasteiger partial charge in [-0.2, -0.15) is 5.06 Å². The average molecular weight is 270 g/mol. The van der Waals surface area contributed by atoms with Crippen LogP contribution in [0.25, 0.3) is 11.2 Å². The summed E-state index contributed by atoms with van der Waals surface area (Å²) in [5.41, 5.74) is 1.19. The molecule has 8 heteroatoms. The van der Waals surface area contributed by atoms with E-state index in [-0.39, 0.29) is 18.9 Å². The van der Waals surface area contributed by atoms with Gasteiger partial charge in [-0.05, 0) is 0 Å². The average Bonchev–Trinajstić information content (AvgIpc) is 2.93. The van der Waals surface area contributed by atoms with Crippen molar-refractivity contribution in [1.29, 1.82) is 0 Å². The number of aliphatic hydroxyl groups is 1. The van der Waals surface area contributed by atoms with Gasteiger partial charge in [-0.1, -0.05) is 11.6 Å². The lowest BCUT2D eigenvalue weighted by molar-refractivity contribution is -0.168. The molecule has 2 aromatic rings. The first-order valence-electron chi connectivity index (χ1n) is 5.54. The van der Waals surface area contributed by atoms with E-state index in [1.54, 1.807) is 23.0 Å². The van der Waals surface area contributed by atoms with E-state index >= 15 is 0 Å². The van der Waals surface area contributed by atoms with Gasteiger partial charge in [0.15, 0.2) is 17.0 Å². The van der Waals surface area contributed by atoms with E-state index < -0.39 is 0 Å². The minimum atomic E-state index is -0.233. The van der Waals surface area contributed by atoms with Gasteiger partial charge in [-0.15, -0.1) is 0 Å². The molecule has 0 bridgehead atoms. The number of aromatic nitrogens is 4. The summed E-state index contributed by atoms with van der Waals surface area (Å²) in [6, 6.07) is -0.0234. The first-order valence-corrected chi connectivity index (χ1v) is 5.92. The monoisotopic (exact) mass is 269 g/mol. The molecule has 0 aliphatic carbocycles. The lowest BCUT2D eigenvalue weighted by atomic mass is 10.2. The van der Waals surface area contributed by atoms with Crippen LogP contribution < -0.4 is 0 Å². The van der Waals surface area contributed by atoms with Crippen molar-refractivity contribution in [1.82, 2.24) is 24.6 Å². The maximum atomic E-state index is 9.22. The fourth-order valence-corrected chi connectivity index (χ4v) is 2.27. The predicted molar refractivity (Wildman–Crippen MR) is 63.7 cm³/mol. The van der Waals surface area contributed by atoms with E-state index in [1.165, 1.54) is 6.33 Å². The Morgan fingerprint density at radius 3 is 3.06 bits per heavy atom. The van der Waals surface area contributed by atoms with E-state index in [0.29, 0.717) is 22.7 Å². The molecule has 7 nitrogen and oxygen atoms in total. The summed E-state index contributed by atoms with van der Waals surface area (Å²) < 4.78 is 1.80. The maximum Gasteiger partial charge on any atom is 0.166 e. The summed E-state index contributed by atoms with van der Waals surface area (Å²) in [4.78, 5) is 17.9. The largest absolute Gasteiger partial charge is 0.395 e. The van der Waals surface area contributed by atoms with Gasteiger partial charge in [0, 0.05) is 13.5 Å². The Morgan fingerprint density at radius 1 is 1.50 bits per heavy atom. The van der Waals surface area contributed by atoms with E-state index in [9.17, 15) is 5.11 Å². The number of hydrogen-bond donors (Lipinski definition) is 1. The van der Waals surface area contributed by atoms with Crippen molar-refractivity contribution >= 4 is 22.8 Å². The van der Waals surface area contributed by atoms with Gasteiger partial charge in [0.2, 0.25) is 0 Å². The Labute approximate surface area is 108 Å². The second-order valence-corrected chi connectivity index (χ2v) is 4.52. The van der Waals surface area contributed by atoms with Crippen LogP contribution in [0.2, 0.25) is 5.15 Å². The normalized spacial score (nSPS) is 25.1. The molecule has 0 saturated carbocycles. The van der Waals surface area contributed by atoms with Crippen LogP contribution in [0.1, 0.15) is 12.6 Å². The van der Waals surface area contributed by atoms with Crippen LogP contribution in [0, 0.1) is 0 Å². The Morgan fingerprint density at radius 2 is 2.33 bits per heavy atom. The van der Waals surface area contributed by atoms with Gasteiger partial charge >= 0.3 is 0 Å². The van der Waals surface area contributed by atoms with Crippen LogP contribution in [-0.4, -0.2) is 49.4 Å². The predicted octanol–water partition coefficient (Wildman–Crippen LogP) is 0.606. The van der Waals surface area contributed by atoms with Crippen LogP contribution in [0.4, 0.5) is 0 Å². The Kier molecular flexibility index (Phi) is 2.90. The molecule has 0 spiro atoms. The van der Waals surface area contributed by atoms with E-state index in [4.69, 9.17) is 16.4 Å². The number of hydrogen-bond acceptors (Lipinski definition) is 6. The molecule has 0 amide bonds. The molecule has 1 fully saturated rings. The van der Waals surface area contributed by atoms with Crippen molar-refractivity contribution in [3.8, 4) is 0 Å². The molecule has 0 unspecified atom stereocenters. The maximum absolute atomic E-state index is 9.22. The highest BCUT2D eigenvalue weighted by atomic mass is 35.5. The van der Waals surface area contributed by atoms with Gasteiger partial charge in [-0.3, -0.25) is 9.40 Å². The van der Waals surface area contributed by atoms with Gasteiger partial charge in [-0.25, -0.2) is 15.0 Å². The van der Waals surface area contributed by atoms with E-state index in [1.807, 2.05) is 0 Å². The van der Waals surface area contributed by atoms with Crippen molar-refractivity contribution in [3.05, 3.63) is 17.8 Å². The lowest BCUT2D eigenvalue weighted by Gasteiger charge is -2.14. The van der Waals surface area contributed by atoms with Gasteiger partial charge < -0.3 is 5.11 Å². The van der Waals surface area contributed by atoms with Crippen LogP contribution in [0.15, 0.2) is 12.7 Å². The van der Waals surface area contributed by atoms with Gasteiger partial charge in [0.25, 0.3) is 0 Å². The standard InChI is InChI=1S/C10H12ClN5O2/c1-15-6(3-17)2-7(18-15)16-5-14-8-9(11)12-4-13-10(8)16/h4-7,17H,2-3H2,1H3/t6-,7+/m1/s1. The third-order valence-corrected chi connectivity index (χ3v) is 3.39. The number of rotatable bonds is 2. The third-order valence-electron chi connectivity index (χ3n) is 3.11. The van der Waals surface area contributed by atoms with Crippen molar-refractivity contribution in [3.63, 3.8) is 0 Å². The molecule has 2 atom stereocenters. The summed E-state index contributed by atoms with van der Waals surface area (Å²) in [5, 5.41) is 11.2. The minimum Gasteiger partial charge on any atom is -0.395 e. The number of nitrogens with zero attached hydrogens (tertiary/aromatic N) is 5. The molecule has 18 heavy (non-hydrogen) atoms. The summed E-state index contributed by atoms with van der Waals surface area (Å²) in [6.07, 6.45) is 3.46. The molecule has 3 rings (SSSR count). The molecule has 1 aliphatic rings. The number of likely N-dealkylation sites (N-methyl/N-ethyl adjacent to an activating group) is 1.